The highest BCUT2D eigenvalue weighted by Crippen LogP contribution is 2.38. The summed E-state index contributed by atoms with van der Waals surface area (Å²) in [6.07, 6.45) is 0.223. The van der Waals surface area contributed by atoms with Crippen LogP contribution in [-0.4, -0.2) is 38.7 Å². The molecule has 0 aromatic heterocycles. The number of halogens is 1. The number of cyclic esters (lactones) is 1. The van der Waals surface area contributed by atoms with Crippen LogP contribution >= 0.6 is 0 Å². The lowest BCUT2D eigenvalue weighted by Gasteiger charge is -2.30. The van der Waals surface area contributed by atoms with Crippen molar-refractivity contribution in [3.05, 3.63) is 29.8 Å². The van der Waals surface area contributed by atoms with Gasteiger partial charge in [-0.1, -0.05) is 19.1 Å². The molecule has 2 aliphatic heterocycles. The van der Waals surface area contributed by atoms with Gasteiger partial charge in [0.2, 0.25) is 0 Å². The molecule has 0 unspecified atom stereocenters. The number of amides is 1. The van der Waals surface area contributed by atoms with Crippen LogP contribution in [0.3, 0.4) is 0 Å². The van der Waals surface area contributed by atoms with Crippen molar-refractivity contribution in [3.8, 4) is 0 Å². The lowest BCUT2D eigenvalue weighted by atomic mass is 9.90. The Labute approximate surface area is 135 Å². The fraction of sp³-hybridized carbons (Fsp3) is 0.562. The lowest BCUT2D eigenvalue weighted by molar-refractivity contribution is 0.139. The third-order valence-electron chi connectivity index (χ3n) is 4.64. The van der Waals surface area contributed by atoms with E-state index in [0.717, 1.165) is 6.42 Å². The van der Waals surface area contributed by atoms with Crippen molar-refractivity contribution in [2.24, 2.45) is 0 Å². The molecule has 2 heterocycles. The Morgan fingerprint density at radius 2 is 1.87 bits per heavy atom. The molecule has 0 spiro atoms. The smallest absolute Gasteiger partial charge is 0.414 e. The van der Waals surface area contributed by atoms with Crippen LogP contribution in [0.4, 0.5) is 14.9 Å². The molecule has 2 aliphatic rings. The zero-order chi connectivity index (χ0) is 16.7. The molecule has 2 saturated heterocycles. The first-order valence-electron chi connectivity index (χ1n) is 7.81. The van der Waals surface area contributed by atoms with Crippen molar-refractivity contribution in [1.29, 1.82) is 0 Å². The Kier molecular flexibility index (Phi) is 4.08. The number of hydrogen-bond donors (Lipinski definition) is 0. The van der Waals surface area contributed by atoms with Crippen molar-refractivity contribution in [2.45, 2.75) is 38.0 Å². The molecule has 0 bridgehead atoms. The second-order valence-corrected chi connectivity index (χ2v) is 8.49. The van der Waals surface area contributed by atoms with Gasteiger partial charge in [0.25, 0.3) is 0 Å². The zero-order valence-corrected chi connectivity index (χ0v) is 13.8. The summed E-state index contributed by atoms with van der Waals surface area (Å²) in [4.78, 5) is 13.4. The highest BCUT2D eigenvalue weighted by atomic mass is 32.2. The standard InChI is InChI=1S/C16H20FNO4S/c1-2-14-11-18(15(19)22-14)13-5-3-12(4-6-13)16(17)7-9-23(20,21)10-8-16/h3-6,14H,2,7-11H2,1H3/t14-/m0/s1. The second kappa shape index (κ2) is 5.78. The van der Waals surface area contributed by atoms with Gasteiger partial charge in [-0.05, 0) is 37.0 Å². The number of anilines is 1. The van der Waals surface area contributed by atoms with Gasteiger partial charge in [-0.15, -0.1) is 0 Å². The number of hydrogen-bond acceptors (Lipinski definition) is 4. The monoisotopic (exact) mass is 341 g/mol. The molecular formula is C16H20FNO4S. The highest BCUT2D eigenvalue weighted by molar-refractivity contribution is 7.91. The average Bonchev–Trinajstić information content (AvgIpc) is 2.92. The van der Waals surface area contributed by atoms with Crippen LogP contribution in [0.1, 0.15) is 31.7 Å². The van der Waals surface area contributed by atoms with Crippen LogP contribution in [0.15, 0.2) is 24.3 Å². The van der Waals surface area contributed by atoms with E-state index in [1.807, 2.05) is 6.92 Å². The average molecular weight is 341 g/mol. The number of carbonyl (C=O) groups is 1. The first kappa shape index (κ1) is 16.2. The van der Waals surface area contributed by atoms with E-state index in [2.05, 4.69) is 0 Å². The van der Waals surface area contributed by atoms with Gasteiger partial charge >= 0.3 is 6.09 Å². The van der Waals surface area contributed by atoms with Crippen LogP contribution in [0.25, 0.3) is 0 Å². The van der Waals surface area contributed by atoms with Gasteiger partial charge in [0.1, 0.15) is 11.8 Å². The Morgan fingerprint density at radius 3 is 2.39 bits per heavy atom. The molecule has 126 valence electrons. The molecule has 1 aromatic carbocycles. The maximum Gasteiger partial charge on any atom is 0.414 e. The molecule has 7 heteroatoms. The molecule has 0 N–H and O–H groups in total. The number of ether oxygens (including phenoxy) is 1. The molecule has 3 rings (SSSR count). The molecule has 23 heavy (non-hydrogen) atoms. The number of alkyl halides is 1. The summed E-state index contributed by atoms with van der Waals surface area (Å²) >= 11 is 0. The predicted octanol–water partition coefficient (Wildman–Crippen LogP) is 2.80. The van der Waals surface area contributed by atoms with Crippen LogP contribution in [0.5, 0.6) is 0 Å². The van der Waals surface area contributed by atoms with Crippen molar-refractivity contribution in [3.63, 3.8) is 0 Å². The van der Waals surface area contributed by atoms with E-state index in [0.29, 0.717) is 17.8 Å². The number of rotatable bonds is 3. The Balaban J connectivity index is 1.76. The maximum atomic E-state index is 15.0. The SMILES string of the molecule is CC[C@H]1CN(c2ccc(C3(F)CCS(=O)(=O)CC3)cc2)C(=O)O1. The summed E-state index contributed by atoms with van der Waals surface area (Å²) in [6.45, 7) is 2.45. The summed E-state index contributed by atoms with van der Waals surface area (Å²) in [5.41, 5.74) is -0.473. The molecule has 1 aromatic rings. The Morgan fingerprint density at radius 1 is 1.26 bits per heavy atom. The van der Waals surface area contributed by atoms with E-state index in [9.17, 15) is 17.6 Å². The number of nitrogens with zero attached hydrogens (tertiary/aromatic N) is 1. The Bertz CT molecular complexity index is 687. The molecule has 1 amide bonds. The maximum absolute atomic E-state index is 15.0. The van der Waals surface area contributed by atoms with E-state index >= 15 is 0 Å². The van der Waals surface area contributed by atoms with E-state index in [4.69, 9.17) is 4.74 Å². The van der Waals surface area contributed by atoms with Crippen LogP contribution in [0, 0.1) is 0 Å². The molecular weight excluding hydrogens is 321 g/mol. The van der Waals surface area contributed by atoms with Gasteiger partial charge in [0.05, 0.1) is 18.1 Å². The van der Waals surface area contributed by atoms with Crippen LogP contribution in [-0.2, 0) is 20.2 Å². The molecule has 0 aliphatic carbocycles. The van der Waals surface area contributed by atoms with E-state index in [1.54, 1.807) is 24.3 Å². The number of benzene rings is 1. The van der Waals surface area contributed by atoms with E-state index in [-0.39, 0.29) is 36.5 Å². The summed E-state index contributed by atoms with van der Waals surface area (Å²) in [5.74, 6) is -0.246. The molecule has 5 nitrogen and oxygen atoms in total. The largest absolute Gasteiger partial charge is 0.444 e. The Hall–Kier alpha value is -1.63. The van der Waals surface area contributed by atoms with Gasteiger partial charge < -0.3 is 4.74 Å². The zero-order valence-electron chi connectivity index (χ0n) is 13.0. The molecule has 0 saturated carbocycles. The molecule has 1 atom stereocenters. The quantitative estimate of drug-likeness (QED) is 0.848. The van der Waals surface area contributed by atoms with Crippen molar-refractivity contribution in [1.82, 2.24) is 0 Å². The summed E-state index contributed by atoms with van der Waals surface area (Å²) in [7, 11) is -3.11. The second-order valence-electron chi connectivity index (χ2n) is 6.19. The fourth-order valence-corrected chi connectivity index (χ4v) is 4.51. The topological polar surface area (TPSA) is 63.7 Å². The lowest BCUT2D eigenvalue weighted by Crippen LogP contribution is -2.33. The first-order valence-corrected chi connectivity index (χ1v) is 9.63. The van der Waals surface area contributed by atoms with Gasteiger partial charge in [-0.3, -0.25) is 4.90 Å². The van der Waals surface area contributed by atoms with E-state index in [1.165, 1.54) is 4.90 Å². The minimum Gasteiger partial charge on any atom is -0.444 e. The first-order chi connectivity index (χ1) is 10.8. The van der Waals surface area contributed by atoms with Gasteiger partial charge in [-0.2, -0.15) is 0 Å². The molecule has 2 fully saturated rings. The van der Waals surface area contributed by atoms with Crippen LogP contribution in [0.2, 0.25) is 0 Å². The fourth-order valence-electron chi connectivity index (χ4n) is 3.04. The van der Waals surface area contributed by atoms with E-state index < -0.39 is 15.5 Å². The highest BCUT2D eigenvalue weighted by Gasteiger charge is 2.39. The van der Waals surface area contributed by atoms with Crippen molar-refractivity contribution >= 4 is 21.6 Å². The van der Waals surface area contributed by atoms with Gasteiger partial charge in [-0.25, -0.2) is 17.6 Å². The van der Waals surface area contributed by atoms with Gasteiger partial charge in [0, 0.05) is 5.69 Å². The van der Waals surface area contributed by atoms with Gasteiger partial charge in [0.15, 0.2) is 9.84 Å². The normalized spacial score (nSPS) is 26.1. The summed E-state index contributed by atoms with van der Waals surface area (Å²) in [5, 5.41) is 0. The summed E-state index contributed by atoms with van der Waals surface area (Å²) in [6, 6.07) is 6.66. The minimum absolute atomic E-state index is 0.0155. The van der Waals surface area contributed by atoms with Crippen molar-refractivity contribution in [2.75, 3.05) is 23.0 Å². The predicted molar refractivity (Wildman–Crippen MR) is 85.0 cm³/mol. The molecule has 0 radical (unpaired) electrons. The number of carbonyl (C=O) groups excluding carboxylic acids is 1. The van der Waals surface area contributed by atoms with Crippen LogP contribution < -0.4 is 4.90 Å². The summed E-state index contributed by atoms with van der Waals surface area (Å²) < 4.78 is 43.1. The third-order valence-corrected chi connectivity index (χ3v) is 6.30. The van der Waals surface area contributed by atoms with Crippen molar-refractivity contribution < 1.29 is 22.3 Å². The minimum atomic E-state index is -3.11. The third kappa shape index (κ3) is 3.20. The number of sulfone groups is 1.